The zero-order valence-electron chi connectivity index (χ0n) is 13.4. The number of rotatable bonds is 7. The van der Waals surface area contributed by atoms with Crippen molar-refractivity contribution in [2.24, 2.45) is 5.92 Å². The second kappa shape index (κ2) is 7.51. The lowest BCUT2D eigenvalue weighted by Crippen LogP contribution is -2.42. The van der Waals surface area contributed by atoms with Crippen molar-refractivity contribution in [3.63, 3.8) is 0 Å². The second-order valence-electron chi connectivity index (χ2n) is 6.31. The van der Waals surface area contributed by atoms with Crippen LogP contribution in [-0.2, 0) is 0 Å². The molecule has 1 aromatic carbocycles. The quantitative estimate of drug-likeness (QED) is 0.782. The number of benzene rings is 1. The van der Waals surface area contributed by atoms with Crippen LogP contribution in [-0.4, -0.2) is 42.2 Å². The predicted molar refractivity (Wildman–Crippen MR) is 92.5 cm³/mol. The van der Waals surface area contributed by atoms with Crippen LogP contribution in [0.3, 0.4) is 0 Å². The van der Waals surface area contributed by atoms with Crippen molar-refractivity contribution < 1.29 is 4.79 Å². The summed E-state index contributed by atoms with van der Waals surface area (Å²) in [4.78, 5) is 16.4. The standard InChI is InChI=1S/C18H26N2OS/c1-2-22-17-6-4-3-5-16(17)18(21)20(12-10-14-7-8-14)15-9-11-19-13-15/h3-6,14-15,19H,2,7-13H2,1H3/t15-/m0/s1. The minimum Gasteiger partial charge on any atom is -0.334 e. The summed E-state index contributed by atoms with van der Waals surface area (Å²) in [5, 5.41) is 3.40. The smallest absolute Gasteiger partial charge is 0.255 e. The molecule has 1 saturated heterocycles. The van der Waals surface area contributed by atoms with Gasteiger partial charge < -0.3 is 10.2 Å². The number of hydrogen-bond donors (Lipinski definition) is 1. The lowest BCUT2D eigenvalue weighted by Gasteiger charge is -2.29. The molecule has 0 spiro atoms. The molecule has 1 amide bonds. The predicted octanol–water partition coefficient (Wildman–Crippen LogP) is 3.40. The topological polar surface area (TPSA) is 32.3 Å². The molecule has 1 saturated carbocycles. The Morgan fingerprint density at radius 1 is 1.32 bits per heavy atom. The number of nitrogens with one attached hydrogen (secondary N) is 1. The summed E-state index contributed by atoms with van der Waals surface area (Å²) in [7, 11) is 0. The fourth-order valence-corrected chi connectivity index (χ4v) is 3.96. The van der Waals surface area contributed by atoms with E-state index in [4.69, 9.17) is 0 Å². The molecule has 3 rings (SSSR count). The Labute approximate surface area is 137 Å². The molecule has 1 atom stereocenters. The monoisotopic (exact) mass is 318 g/mol. The Balaban J connectivity index is 1.77. The number of thioether (sulfide) groups is 1. The van der Waals surface area contributed by atoms with Gasteiger partial charge in [0.1, 0.15) is 0 Å². The van der Waals surface area contributed by atoms with E-state index in [0.29, 0.717) is 6.04 Å². The van der Waals surface area contributed by atoms with Gasteiger partial charge in [-0.05, 0) is 43.2 Å². The highest BCUT2D eigenvalue weighted by atomic mass is 32.2. The van der Waals surface area contributed by atoms with Crippen LogP contribution in [0.5, 0.6) is 0 Å². The van der Waals surface area contributed by atoms with Crippen LogP contribution in [0, 0.1) is 5.92 Å². The maximum atomic E-state index is 13.1. The summed E-state index contributed by atoms with van der Waals surface area (Å²) in [5.41, 5.74) is 0.886. The van der Waals surface area contributed by atoms with Crippen LogP contribution in [0.25, 0.3) is 0 Å². The maximum Gasteiger partial charge on any atom is 0.255 e. The first-order valence-electron chi connectivity index (χ1n) is 8.53. The normalized spacial score (nSPS) is 21.0. The Bertz CT molecular complexity index is 510. The minimum absolute atomic E-state index is 0.228. The van der Waals surface area contributed by atoms with Crippen LogP contribution >= 0.6 is 11.8 Å². The van der Waals surface area contributed by atoms with Gasteiger partial charge >= 0.3 is 0 Å². The largest absolute Gasteiger partial charge is 0.334 e. The van der Waals surface area contributed by atoms with Gasteiger partial charge in [0.05, 0.1) is 5.56 Å². The number of amides is 1. The lowest BCUT2D eigenvalue weighted by molar-refractivity contribution is 0.0683. The molecule has 0 bridgehead atoms. The molecule has 22 heavy (non-hydrogen) atoms. The van der Waals surface area contributed by atoms with E-state index >= 15 is 0 Å². The van der Waals surface area contributed by atoms with Crippen molar-refractivity contribution in [2.75, 3.05) is 25.4 Å². The first-order valence-corrected chi connectivity index (χ1v) is 9.51. The van der Waals surface area contributed by atoms with Gasteiger partial charge in [0.15, 0.2) is 0 Å². The number of hydrogen-bond acceptors (Lipinski definition) is 3. The molecule has 0 radical (unpaired) electrons. The van der Waals surface area contributed by atoms with Gasteiger partial charge in [-0.15, -0.1) is 11.8 Å². The fraction of sp³-hybridized carbons (Fsp3) is 0.611. The molecule has 1 aromatic rings. The van der Waals surface area contributed by atoms with E-state index in [1.807, 2.05) is 18.2 Å². The number of carbonyl (C=O) groups is 1. The summed E-state index contributed by atoms with van der Waals surface area (Å²) >= 11 is 1.76. The SMILES string of the molecule is CCSc1ccccc1C(=O)N(CCC1CC1)[C@H]1CCNC1. The molecular formula is C18H26N2OS. The molecule has 1 aliphatic heterocycles. The van der Waals surface area contributed by atoms with Gasteiger partial charge in [-0.1, -0.05) is 31.9 Å². The van der Waals surface area contributed by atoms with Crippen molar-refractivity contribution >= 4 is 17.7 Å². The van der Waals surface area contributed by atoms with Crippen LogP contribution in [0.2, 0.25) is 0 Å². The van der Waals surface area contributed by atoms with E-state index in [1.165, 1.54) is 19.3 Å². The van der Waals surface area contributed by atoms with Gasteiger partial charge in [0.25, 0.3) is 5.91 Å². The first-order chi connectivity index (χ1) is 10.8. The number of carbonyl (C=O) groups excluding carboxylic acids is 1. The molecular weight excluding hydrogens is 292 g/mol. The van der Waals surface area contributed by atoms with E-state index in [-0.39, 0.29) is 5.91 Å². The van der Waals surface area contributed by atoms with Crippen LogP contribution in [0.4, 0.5) is 0 Å². The van der Waals surface area contributed by atoms with Gasteiger partial charge in [-0.2, -0.15) is 0 Å². The molecule has 2 aliphatic rings. The van der Waals surface area contributed by atoms with Gasteiger partial charge in [0, 0.05) is 24.0 Å². The van der Waals surface area contributed by atoms with Gasteiger partial charge in [-0.3, -0.25) is 4.79 Å². The highest BCUT2D eigenvalue weighted by Crippen LogP contribution is 2.33. The van der Waals surface area contributed by atoms with Crippen molar-refractivity contribution in [1.82, 2.24) is 10.2 Å². The molecule has 1 heterocycles. The Kier molecular flexibility index (Phi) is 5.42. The molecule has 120 valence electrons. The highest BCUT2D eigenvalue weighted by Gasteiger charge is 2.30. The van der Waals surface area contributed by atoms with E-state index < -0.39 is 0 Å². The maximum absolute atomic E-state index is 13.1. The van der Waals surface area contributed by atoms with E-state index in [2.05, 4.69) is 23.2 Å². The third kappa shape index (κ3) is 3.85. The van der Waals surface area contributed by atoms with Crippen molar-refractivity contribution in [1.29, 1.82) is 0 Å². The summed E-state index contributed by atoms with van der Waals surface area (Å²) in [6.07, 6.45) is 4.96. The fourth-order valence-electron chi connectivity index (χ4n) is 3.16. The van der Waals surface area contributed by atoms with Crippen molar-refractivity contribution in [3.8, 4) is 0 Å². The Morgan fingerprint density at radius 3 is 2.82 bits per heavy atom. The second-order valence-corrected chi connectivity index (χ2v) is 7.61. The summed E-state index contributed by atoms with van der Waals surface area (Å²) < 4.78 is 0. The third-order valence-corrected chi connectivity index (χ3v) is 5.58. The van der Waals surface area contributed by atoms with Crippen molar-refractivity contribution in [2.45, 2.75) is 43.5 Å². The Hall–Kier alpha value is -1.00. The van der Waals surface area contributed by atoms with Gasteiger partial charge in [0.2, 0.25) is 0 Å². The average molecular weight is 318 g/mol. The summed E-state index contributed by atoms with van der Waals surface area (Å²) in [6, 6.07) is 8.45. The molecule has 0 unspecified atom stereocenters. The van der Waals surface area contributed by atoms with E-state index in [1.54, 1.807) is 11.8 Å². The average Bonchev–Trinajstić information content (AvgIpc) is 3.21. The van der Waals surface area contributed by atoms with Crippen molar-refractivity contribution in [3.05, 3.63) is 29.8 Å². The number of nitrogens with zero attached hydrogens (tertiary/aromatic N) is 1. The Morgan fingerprint density at radius 2 is 2.14 bits per heavy atom. The lowest BCUT2D eigenvalue weighted by atomic mass is 10.1. The van der Waals surface area contributed by atoms with E-state index in [0.717, 1.165) is 48.2 Å². The molecule has 1 aliphatic carbocycles. The van der Waals surface area contributed by atoms with Crippen LogP contribution in [0.15, 0.2) is 29.2 Å². The van der Waals surface area contributed by atoms with Crippen LogP contribution < -0.4 is 5.32 Å². The zero-order chi connectivity index (χ0) is 15.4. The molecule has 3 nitrogen and oxygen atoms in total. The zero-order valence-corrected chi connectivity index (χ0v) is 14.2. The van der Waals surface area contributed by atoms with Crippen LogP contribution in [0.1, 0.15) is 43.0 Å². The van der Waals surface area contributed by atoms with Gasteiger partial charge in [-0.25, -0.2) is 0 Å². The molecule has 4 heteroatoms. The molecule has 0 aromatic heterocycles. The van der Waals surface area contributed by atoms with E-state index in [9.17, 15) is 4.79 Å². The molecule has 2 fully saturated rings. The third-order valence-electron chi connectivity index (χ3n) is 4.63. The molecule has 1 N–H and O–H groups in total. The highest BCUT2D eigenvalue weighted by molar-refractivity contribution is 7.99. The summed E-state index contributed by atoms with van der Waals surface area (Å²) in [6.45, 7) is 5.03. The first kappa shape index (κ1) is 15.9. The minimum atomic E-state index is 0.228. The summed E-state index contributed by atoms with van der Waals surface area (Å²) in [5.74, 6) is 2.09.